The van der Waals surface area contributed by atoms with Crippen LogP contribution in [0.15, 0.2) is 0 Å². The first-order valence-corrected chi connectivity index (χ1v) is 6.83. The van der Waals surface area contributed by atoms with Gasteiger partial charge in [-0.05, 0) is 26.2 Å². The molecule has 1 aromatic rings. The maximum atomic E-state index is 8.97. The first-order chi connectivity index (χ1) is 9.58. The number of aliphatic hydroxyl groups is 1. The maximum Gasteiger partial charge on any atom is 0.323 e. The molecule has 8 nitrogen and oxygen atoms in total. The molecule has 1 heterocycles. The molecule has 20 heavy (non-hydrogen) atoms. The topological polar surface area (TPSA) is 118 Å². The Bertz CT molecular complexity index is 402. The van der Waals surface area contributed by atoms with Gasteiger partial charge in [-0.3, -0.25) is 5.43 Å². The van der Waals surface area contributed by atoms with Crippen molar-refractivity contribution in [2.75, 3.05) is 23.9 Å². The number of nitrogens with one attached hydrogen (secondary N) is 2. The van der Waals surface area contributed by atoms with Gasteiger partial charge in [-0.1, -0.05) is 13.3 Å². The molecule has 1 unspecified atom stereocenters. The number of anilines is 2. The number of hydrogen-bond donors (Lipinski definition) is 4. The second kappa shape index (κ2) is 8.49. The third kappa shape index (κ3) is 5.54. The summed E-state index contributed by atoms with van der Waals surface area (Å²) in [5.41, 5.74) is 2.39. The molecule has 0 amide bonds. The number of aliphatic hydroxyl groups excluding tert-OH is 1. The maximum absolute atomic E-state index is 8.97. The van der Waals surface area contributed by atoms with Gasteiger partial charge in [0.05, 0.1) is 6.10 Å². The van der Waals surface area contributed by atoms with Gasteiger partial charge < -0.3 is 15.2 Å². The predicted octanol–water partition coefficient (Wildman–Crippen LogP) is 0.765. The highest BCUT2D eigenvalue weighted by Crippen LogP contribution is 2.14. The van der Waals surface area contributed by atoms with E-state index in [-0.39, 0.29) is 24.7 Å². The molecule has 0 aliphatic heterocycles. The van der Waals surface area contributed by atoms with Crippen molar-refractivity contribution in [3.05, 3.63) is 0 Å². The van der Waals surface area contributed by atoms with Crippen LogP contribution < -0.4 is 21.3 Å². The monoisotopic (exact) mass is 284 g/mol. The zero-order chi connectivity index (χ0) is 15.0. The fraction of sp³-hybridized carbons (Fsp3) is 0.750. The Morgan fingerprint density at radius 1 is 1.25 bits per heavy atom. The Hall–Kier alpha value is -1.67. The Labute approximate surface area is 119 Å². The summed E-state index contributed by atoms with van der Waals surface area (Å²) < 4.78 is 5.44. The van der Waals surface area contributed by atoms with Crippen LogP contribution in [0.25, 0.3) is 0 Å². The molecule has 5 N–H and O–H groups in total. The summed E-state index contributed by atoms with van der Waals surface area (Å²) in [4.78, 5) is 12.3. The number of nitrogens with two attached hydrogens (primary N) is 1. The first kappa shape index (κ1) is 16.4. The molecule has 0 saturated carbocycles. The van der Waals surface area contributed by atoms with E-state index < -0.39 is 0 Å². The molecule has 0 aromatic carbocycles. The van der Waals surface area contributed by atoms with Crippen LogP contribution in [0.1, 0.15) is 33.6 Å². The molecule has 0 saturated heterocycles. The van der Waals surface area contributed by atoms with Crippen molar-refractivity contribution in [2.45, 2.75) is 39.7 Å². The van der Waals surface area contributed by atoms with E-state index in [0.717, 1.165) is 12.8 Å². The van der Waals surface area contributed by atoms with E-state index in [4.69, 9.17) is 15.7 Å². The lowest BCUT2D eigenvalue weighted by Crippen LogP contribution is -2.19. The molecule has 0 aliphatic rings. The average Bonchev–Trinajstić information content (AvgIpc) is 2.42. The van der Waals surface area contributed by atoms with Crippen molar-refractivity contribution < 1.29 is 9.84 Å². The van der Waals surface area contributed by atoms with E-state index >= 15 is 0 Å². The van der Waals surface area contributed by atoms with Crippen molar-refractivity contribution in [3.63, 3.8) is 0 Å². The lowest BCUT2D eigenvalue weighted by molar-refractivity contribution is 0.222. The summed E-state index contributed by atoms with van der Waals surface area (Å²) in [6.45, 7) is 6.71. The SMILES string of the molecule is CCC(CCO)CNc1nc(NN)nc(OC(C)C)n1. The number of rotatable bonds is 9. The molecular formula is C12H24N6O2. The quantitative estimate of drug-likeness (QED) is 0.388. The van der Waals surface area contributed by atoms with Crippen molar-refractivity contribution in [1.29, 1.82) is 0 Å². The van der Waals surface area contributed by atoms with Crippen molar-refractivity contribution in [1.82, 2.24) is 15.0 Å². The Morgan fingerprint density at radius 2 is 1.95 bits per heavy atom. The summed E-state index contributed by atoms with van der Waals surface area (Å²) in [7, 11) is 0. The molecule has 0 aliphatic carbocycles. The summed E-state index contributed by atoms with van der Waals surface area (Å²) in [5, 5.41) is 12.1. The van der Waals surface area contributed by atoms with Crippen LogP contribution in [0.3, 0.4) is 0 Å². The largest absolute Gasteiger partial charge is 0.461 e. The minimum atomic E-state index is -0.0337. The lowest BCUT2D eigenvalue weighted by atomic mass is 10.0. The molecule has 1 aromatic heterocycles. The molecule has 0 bridgehead atoms. The van der Waals surface area contributed by atoms with Gasteiger partial charge in [-0.15, -0.1) is 0 Å². The van der Waals surface area contributed by atoms with Gasteiger partial charge in [0.1, 0.15) is 0 Å². The van der Waals surface area contributed by atoms with Gasteiger partial charge in [-0.25, -0.2) is 5.84 Å². The number of ether oxygens (including phenoxy) is 1. The van der Waals surface area contributed by atoms with Gasteiger partial charge in [0.25, 0.3) is 0 Å². The molecule has 8 heteroatoms. The molecular weight excluding hydrogens is 260 g/mol. The highest BCUT2D eigenvalue weighted by Gasteiger charge is 2.10. The van der Waals surface area contributed by atoms with Crippen LogP contribution in [-0.4, -0.2) is 39.3 Å². The third-order valence-electron chi connectivity index (χ3n) is 2.75. The molecule has 114 valence electrons. The normalized spacial score (nSPS) is 12.3. The van der Waals surface area contributed by atoms with Crippen LogP contribution in [-0.2, 0) is 0 Å². The summed E-state index contributed by atoms with van der Waals surface area (Å²) in [5.74, 6) is 6.34. The predicted molar refractivity (Wildman–Crippen MR) is 77.4 cm³/mol. The van der Waals surface area contributed by atoms with Crippen LogP contribution in [0.4, 0.5) is 11.9 Å². The van der Waals surface area contributed by atoms with Gasteiger partial charge >= 0.3 is 6.01 Å². The minimum absolute atomic E-state index is 0.0337. The van der Waals surface area contributed by atoms with Crippen molar-refractivity contribution in [2.24, 2.45) is 11.8 Å². The van der Waals surface area contributed by atoms with Gasteiger partial charge in [-0.2, -0.15) is 15.0 Å². The summed E-state index contributed by atoms with van der Waals surface area (Å²) >= 11 is 0. The fourth-order valence-electron chi connectivity index (χ4n) is 1.63. The third-order valence-corrected chi connectivity index (χ3v) is 2.75. The fourth-order valence-corrected chi connectivity index (χ4v) is 1.63. The summed E-state index contributed by atoms with van der Waals surface area (Å²) in [6, 6.07) is 0.223. The van der Waals surface area contributed by atoms with E-state index in [9.17, 15) is 0 Å². The van der Waals surface area contributed by atoms with Crippen LogP contribution in [0, 0.1) is 5.92 Å². The highest BCUT2D eigenvalue weighted by molar-refractivity contribution is 5.34. The lowest BCUT2D eigenvalue weighted by Gasteiger charge is -2.15. The first-order valence-electron chi connectivity index (χ1n) is 6.83. The molecule has 0 radical (unpaired) electrons. The zero-order valence-corrected chi connectivity index (χ0v) is 12.3. The van der Waals surface area contributed by atoms with Crippen molar-refractivity contribution >= 4 is 11.9 Å². The van der Waals surface area contributed by atoms with E-state index in [1.165, 1.54) is 0 Å². The van der Waals surface area contributed by atoms with E-state index in [1.54, 1.807) is 0 Å². The number of nitrogens with zero attached hydrogens (tertiary/aromatic N) is 3. The van der Waals surface area contributed by atoms with Crippen LogP contribution >= 0.6 is 0 Å². The van der Waals surface area contributed by atoms with E-state index in [2.05, 4.69) is 32.6 Å². The second-order valence-electron chi connectivity index (χ2n) is 4.74. The smallest absolute Gasteiger partial charge is 0.323 e. The second-order valence-corrected chi connectivity index (χ2v) is 4.74. The van der Waals surface area contributed by atoms with Gasteiger partial charge in [0.2, 0.25) is 11.9 Å². The number of nitrogen functional groups attached to an aromatic ring is 1. The molecule has 0 fully saturated rings. The standard InChI is InChI=1S/C12H24N6O2/c1-4-9(5-6-19)7-14-10-15-11(18-13)17-12(16-10)20-8(2)3/h8-9,19H,4-7,13H2,1-3H3,(H2,14,15,16,17,18). The van der Waals surface area contributed by atoms with E-state index in [0.29, 0.717) is 18.4 Å². The Morgan fingerprint density at radius 3 is 2.50 bits per heavy atom. The Balaban J connectivity index is 2.72. The number of aromatic nitrogens is 3. The van der Waals surface area contributed by atoms with Crippen molar-refractivity contribution in [3.8, 4) is 6.01 Å². The van der Waals surface area contributed by atoms with Crippen LogP contribution in [0.5, 0.6) is 6.01 Å². The van der Waals surface area contributed by atoms with Gasteiger partial charge in [0.15, 0.2) is 0 Å². The molecule has 1 atom stereocenters. The molecule has 0 spiro atoms. The average molecular weight is 284 g/mol. The minimum Gasteiger partial charge on any atom is -0.461 e. The Kier molecular flexibility index (Phi) is 6.96. The summed E-state index contributed by atoms with van der Waals surface area (Å²) in [6.07, 6.45) is 1.68. The number of hydrazine groups is 1. The zero-order valence-electron chi connectivity index (χ0n) is 12.3. The highest BCUT2D eigenvalue weighted by atomic mass is 16.5. The van der Waals surface area contributed by atoms with Gasteiger partial charge in [0, 0.05) is 13.2 Å². The number of hydrogen-bond acceptors (Lipinski definition) is 8. The van der Waals surface area contributed by atoms with Crippen LogP contribution in [0.2, 0.25) is 0 Å². The molecule has 1 rings (SSSR count). The van der Waals surface area contributed by atoms with E-state index in [1.807, 2.05) is 13.8 Å².